The molecule has 0 saturated carbocycles. The summed E-state index contributed by atoms with van der Waals surface area (Å²) in [5.41, 5.74) is 0.752. The van der Waals surface area contributed by atoms with Crippen LogP contribution in [0.15, 0.2) is 53.3 Å². The Bertz CT molecular complexity index is 948. The van der Waals surface area contributed by atoms with E-state index in [2.05, 4.69) is 10.2 Å². The number of carbonyl (C=O) groups is 1. The molecule has 1 heterocycles. The molecule has 0 unspecified atom stereocenters. The fraction of sp³-hybridized carbons (Fsp3) is 0.167. The molecular formula is C18H16ClN3O2. The molecule has 0 aliphatic carbocycles. The number of para-hydroxylation sites is 1. The van der Waals surface area contributed by atoms with Crippen molar-refractivity contribution >= 4 is 34.1 Å². The highest BCUT2D eigenvalue weighted by Gasteiger charge is 2.25. The Morgan fingerprint density at radius 2 is 1.79 bits per heavy atom. The fourth-order valence-electron chi connectivity index (χ4n) is 2.58. The molecule has 2 aromatic carbocycles. The van der Waals surface area contributed by atoms with Crippen molar-refractivity contribution in [2.75, 3.05) is 4.90 Å². The third-order valence-corrected chi connectivity index (χ3v) is 3.97. The summed E-state index contributed by atoms with van der Waals surface area (Å²) in [7, 11) is 0. The van der Waals surface area contributed by atoms with Crippen molar-refractivity contribution in [1.29, 1.82) is 0 Å². The van der Waals surface area contributed by atoms with E-state index in [0.29, 0.717) is 21.6 Å². The average molecular weight is 342 g/mol. The number of carbonyl (C=O) groups excluding carboxylic acids is 1. The molecule has 5 nitrogen and oxygen atoms in total. The van der Waals surface area contributed by atoms with Crippen molar-refractivity contribution < 1.29 is 4.79 Å². The van der Waals surface area contributed by atoms with Crippen molar-refractivity contribution in [1.82, 2.24) is 10.2 Å². The number of amides is 1. The van der Waals surface area contributed by atoms with Gasteiger partial charge < -0.3 is 4.90 Å². The van der Waals surface area contributed by atoms with E-state index in [4.69, 9.17) is 11.6 Å². The number of aromatic amines is 1. The minimum Gasteiger partial charge on any atom is -0.304 e. The Morgan fingerprint density at radius 1 is 1.12 bits per heavy atom. The Morgan fingerprint density at radius 3 is 2.46 bits per heavy atom. The lowest BCUT2D eigenvalue weighted by molar-refractivity contribution is 0.0973. The number of benzene rings is 2. The van der Waals surface area contributed by atoms with E-state index in [0.717, 1.165) is 0 Å². The van der Waals surface area contributed by atoms with Crippen LogP contribution in [0.1, 0.15) is 24.3 Å². The van der Waals surface area contributed by atoms with Crippen LogP contribution in [0.4, 0.5) is 5.69 Å². The van der Waals surface area contributed by atoms with E-state index in [1.54, 1.807) is 48.5 Å². The SMILES string of the molecule is CC(C)N(C(=O)c1n[nH]c2ccccc2c1=O)c1ccc(Cl)cc1. The number of nitrogens with zero attached hydrogens (tertiary/aromatic N) is 2. The molecule has 0 aliphatic heterocycles. The highest BCUT2D eigenvalue weighted by Crippen LogP contribution is 2.21. The van der Waals surface area contributed by atoms with Gasteiger partial charge >= 0.3 is 0 Å². The summed E-state index contributed by atoms with van der Waals surface area (Å²) < 4.78 is 0. The molecule has 0 fully saturated rings. The number of hydrogen-bond donors (Lipinski definition) is 1. The summed E-state index contributed by atoms with van der Waals surface area (Å²) >= 11 is 5.91. The highest BCUT2D eigenvalue weighted by molar-refractivity contribution is 6.30. The molecule has 0 atom stereocenters. The summed E-state index contributed by atoms with van der Waals surface area (Å²) in [5, 5.41) is 7.80. The standard InChI is InChI=1S/C18H16ClN3O2/c1-11(2)22(13-9-7-12(19)8-10-13)18(24)16-17(23)14-5-3-4-6-15(14)20-21-16/h3-11H,1-2H3,(H,20,23). The van der Waals surface area contributed by atoms with E-state index in [9.17, 15) is 9.59 Å². The molecule has 3 aromatic rings. The van der Waals surface area contributed by atoms with E-state index < -0.39 is 5.91 Å². The van der Waals surface area contributed by atoms with Gasteiger partial charge in [-0.15, -0.1) is 0 Å². The number of nitrogens with one attached hydrogen (secondary N) is 1. The first-order valence-corrected chi connectivity index (χ1v) is 7.93. The van der Waals surface area contributed by atoms with Crippen molar-refractivity contribution in [2.24, 2.45) is 0 Å². The zero-order chi connectivity index (χ0) is 17.3. The number of rotatable bonds is 3. The van der Waals surface area contributed by atoms with Crippen LogP contribution >= 0.6 is 11.6 Å². The maximum absolute atomic E-state index is 12.9. The van der Waals surface area contributed by atoms with Gasteiger partial charge in [-0.3, -0.25) is 14.7 Å². The maximum Gasteiger partial charge on any atom is 0.283 e. The number of halogens is 1. The number of H-pyrrole nitrogens is 1. The zero-order valence-electron chi connectivity index (χ0n) is 13.3. The van der Waals surface area contributed by atoms with Crippen LogP contribution in [0.5, 0.6) is 0 Å². The van der Waals surface area contributed by atoms with Crippen LogP contribution in [0.2, 0.25) is 5.02 Å². The Balaban J connectivity index is 2.10. The topological polar surface area (TPSA) is 66.1 Å². The molecule has 24 heavy (non-hydrogen) atoms. The maximum atomic E-state index is 12.9. The molecule has 0 aliphatic rings. The zero-order valence-corrected chi connectivity index (χ0v) is 14.0. The van der Waals surface area contributed by atoms with Gasteiger partial charge in [0.1, 0.15) is 0 Å². The average Bonchev–Trinajstić information content (AvgIpc) is 2.57. The van der Waals surface area contributed by atoms with Gasteiger partial charge in [0.2, 0.25) is 5.43 Å². The third-order valence-electron chi connectivity index (χ3n) is 3.72. The number of aromatic nitrogens is 2. The molecule has 6 heteroatoms. The minimum absolute atomic E-state index is 0.127. The Labute approximate surface area is 143 Å². The largest absolute Gasteiger partial charge is 0.304 e. The molecule has 1 N–H and O–H groups in total. The lowest BCUT2D eigenvalue weighted by atomic mass is 10.1. The van der Waals surface area contributed by atoms with Crippen LogP contribution < -0.4 is 10.3 Å². The van der Waals surface area contributed by atoms with E-state index in [-0.39, 0.29) is 17.2 Å². The number of anilines is 1. The molecule has 122 valence electrons. The van der Waals surface area contributed by atoms with E-state index in [1.807, 2.05) is 13.8 Å². The molecule has 1 aromatic heterocycles. The molecule has 0 bridgehead atoms. The van der Waals surface area contributed by atoms with Crippen molar-refractivity contribution in [3.05, 3.63) is 69.5 Å². The van der Waals surface area contributed by atoms with Gasteiger partial charge in [-0.05, 0) is 50.2 Å². The van der Waals surface area contributed by atoms with Crippen LogP contribution in [-0.2, 0) is 0 Å². The van der Waals surface area contributed by atoms with Crippen molar-refractivity contribution in [3.8, 4) is 0 Å². The first kappa shape index (κ1) is 16.2. The molecule has 1 amide bonds. The summed E-state index contributed by atoms with van der Waals surface area (Å²) in [5.74, 6) is -0.445. The van der Waals surface area contributed by atoms with Gasteiger partial charge in [0.15, 0.2) is 5.69 Å². The molecule has 0 spiro atoms. The molecule has 3 rings (SSSR count). The van der Waals surface area contributed by atoms with Crippen LogP contribution in [0.25, 0.3) is 10.9 Å². The summed E-state index contributed by atoms with van der Waals surface area (Å²) in [6, 6.07) is 13.7. The second-order valence-corrected chi connectivity index (χ2v) is 6.13. The van der Waals surface area contributed by atoms with Gasteiger partial charge in [0.05, 0.1) is 5.52 Å². The van der Waals surface area contributed by atoms with Crippen LogP contribution in [0.3, 0.4) is 0 Å². The molecule has 0 saturated heterocycles. The number of fused-ring (bicyclic) bond motifs is 1. The predicted octanol–water partition coefficient (Wildman–Crippen LogP) is 3.63. The minimum atomic E-state index is -0.445. The van der Waals surface area contributed by atoms with E-state index in [1.165, 1.54) is 4.90 Å². The predicted molar refractivity (Wildman–Crippen MR) is 95.8 cm³/mol. The van der Waals surface area contributed by atoms with Gasteiger partial charge in [-0.2, -0.15) is 5.10 Å². The molecule has 0 radical (unpaired) electrons. The first-order chi connectivity index (χ1) is 11.5. The Hall–Kier alpha value is -2.66. The smallest absolute Gasteiger partial charge is 0.283 e. The van der Waals surface area contributed by atoms with Crippen molar-refractivity contribution in [3.63, 3.8) is 0 Å². The van der Waals surface area contributed by atoms with Crippen molar-refractivity contribution in [2.45, 2.75) is 19.9 Å². The lowest BCUT2D eigenvalue weighted by Crippen LogP contribution is -2.40. The van der Waals surface area contributed by atoms with E-state index >= 15 is 0 Å². The Kier molecular flexibility index (Phi) is 4.36. The van der Waals surface area contributed by atoms with Crippen LogP contribution in [-0.4, -0.2) is 22.1 Å². The number of hydrogen-bond acceptors (Lipinski definition) is 3. The second-order valence-electron chi connectivity index (χ2n) is 5.69. The highest BCUT2D eigenvalue weighted by atomic mass is 35.5. The summed E-state index contributed by atoms with van der Waals surface area (Å²) in [6.07, 6.45) is 0. The monoisotopic (exact) mass is 341 g/mol. The van der Waals surface area contributed by atoms with Crippen LogP contribution in [0, 0.1) is 0 Å². The summed E-state index contributed by atoms with van der Waals surface area (Å²) in [4.78, 5) is 27.1. The quantitative estimate of drug-likeness (QED) is 0.791. The fourth-order valence-corrected chi connectivity index (χ4v) is 2.71. The summed E-state index contributed by atoms with van der Waals surface area (Å²) in [6.45, 7) is 3.75. The first-order valence-electron chi connectivity index (χ1n) is 7.55. The third kappa shape index (κ3) is 2.90. The van der Waals surface area contributed by atoms with Gasteiger partial charge in [0.25, 0.3) is 5.91 Å². The van der Waals surface area contributed by atoms with Gasteiger partial charge in [-0.25, -0.2) is 0 Å². The molecular weight excluding hydrogens is 326 g/mol. The van der Waals surface area contributed by atoms with Gasteiger partial charge in [0, 0.05) is 22.1 Å². The normalized spacial score (nSPS) is 11.0. The van der Waals surface area contributed by atoms with Gasteiger partial charge in [-0.1, -0.05) is 23.7 Å². The lowest BCUT2D eigenvalue weighted by Gasteiger charge is -2.26. The second kappa shape index (κ2) is 6.45.